The van der Waals surface area contributed by atoms with Gasteiger partial charge in [-0.05, 0) is 19.4 Å². The zero-order valence-electron chi connectivity index (χ0n) is 13.0. The summed E-state index contributed by atoms with van der Waals surface area (Å²) in [6, 6.07) is 10.0. The van der Waals surface area contributed by atoms with Gasteiger partial charge in [-0.15, -0.1) is 0 Å². The molecule has 0 unspecified atom stereocenters. The van der Waals surface area contributed by atoms with E-state index in [1.165, 1.54) is 12.2 Å². The molecule has 0 bridgehead atoms. The molecule has 5 heteroatoms. The SMILES string of the molecule is CON(C)C(=O)C[C@@H]1C[C@H](c2ccccc2)OC(C)(C)O1. The van der Waals surface area contributed by atoms with Crippen LogP contribution in [0.2, 0.25) is 0 Å². The first-order valence-electron chi connectivity index (χ1n) is 7.12. The van der Waals surface area contributed by atoms with E-state index in [0.717, 1.165) is 5.56 Å². The minimum absolute atomic E-state index is 0.0689. The van der Waals surface area contributed by atoms with Gasteiger partial charge in [-0.3, -0.25) is 9.63 Å². The normalized spacial score (nSPS) is 24.6. The molecule has 116 valence electrons. The molecule has 0 aromatic heterocycles. The van der Waals surface area contributed by atoms with Crippen LogP contribution < -0.4 is 0 Å². The zero-order valence-corrected chi connectivity index (χ0v) is 13.0. The summed E-state index contributed by atoms with van der Waals surface area (Å²) in [5, 5.41) is 1.23. The highest BCUT2D eigenvalue weighted by Crippen LogP contribution is 2.36. The van der Waals surface area contributed by atoms with Crippen molar-refractivity contribution >= 4 is 5.91 Å². The van der Waals surface area contributed by atoms with Crippen LogP contribution in [-0.4, -0.2) is 37.0 Å². The summed E-state index contributed by atoms with van der Waals surface area (Å²) in [6.45, 7) is 3.75. The Morgan fingerprint density at radius 3 is 2.62 bits per heavy atom. The molecule has 1 aliphatic rings. The highest BCUT2D eigenvalue weighted by Gasteiger charge is 2.37. The standard InChI is InChI=1S/C16H23NO4/c1-16(2)20-13(11-15(18)17(3)19-4)10-14(21-16)12-8-6-5-7-9-12/h5-9,13-14H,10-11H2,1-4H3/t13-,14+/m0/s1. The van der Waals surface area contributed by atoms with Crippen LogP contribution in [0.3, 0.4) is 0 Å². The van der Waals surface area contributed by atoms with Crippen molar-refractivity contribution in [3.63, 3.8) is 0 Å². The Balaban J connectivity index is 2.08. The van der Waals surface area contributed by atoms with E-state index in [-0.39, 0.29) is 24.5 Å². The highest BCUT2D eigenvalue weighted by atomic mass is 16.7. The monoisotopic (exact) mass is 293 g/mol. The quantitative estimate of drug-likeness (QED) is 0.801. The topological polar surface area (TPSA) is 48.0 Å². The lowest BCUT2D eigenvalue weighted by molar-refractivity contribution is -0.302. The molecule has 5 nitrogen and oxygen atoms in total. The zero-order chi connectivity index (χ0) is 15.5. The molecule has 0 spiro atoms. The van der Waals surface area contributed by atoms with E-state index in [9.17, 15) is 4.79 Å². The Bertz CT molecular complexity index is 474. The number of hydroxylamine groups is 2. The van der Waals surface area contributed by atoms with Gasteiger partial charge >= 0.3 is 0 Å². The molecule has 1 heterocycles. The van der Waals surface area contributed by atoms with Crippen molar-refractivity contribution in [2.24, 2.45) is 0 Å². The van der Waals surface area contributed by atoms with Gasteiger partial charge in [0.05, 0.1) is 25.7 Å². The average molecular weight is 293 g/mol. The third kappa shape index (κ3) is 4.27. The molecular formula is C16H23NO4. The lowest BCUT2D eigenvalue weighted by atomic mass is 9.99. The number of nitrogens with zero attached hydrogens (tertiary/aromatic N) is 1. The molecule has 0 aliphatic carbocycles. The number of benzene rings is 1. The van der Waals surface area contributed by atoms with Crippen LogP contribution in [0.1, 0.15) is 38.4 Å². The summed E-state index contributed by atoms with van der Waals surface area (Å²) in [5.41, 5.74) is 1.10. The first-order chi connectivity index (χ1) is 9.91. The summed E-state index contributed by atoms with van der Waals surface area (Å²) < 4.78 is 11.8. The molecule has 2 atom stereocenters. The fourth-order valence-corrected chi connectivity index (χ4v) is 2.53. The van der Waals surface area contributed by atoms with Crippen LogP contribution in [0.25, 0.3) is 0 Å². The van der Waals surface area contributed by atoms with Crippen molar-refractivity contribution in [1.82, 2.24) is 5.06 Å². The van der Waals surface area contributed by atoms with Gasteiger partial charge in [0.25, 0.3) is 0 Å². The maximum absolute atomic E-state index is 12.0. The number of carbonyl (C=O) groups is 1. The Hall–Kier alpha value is -1.43. The fraction of sp³-hybridized carbons (Fsp3) is 0.562. The number of hydrogen-bond acceptors (Lipinski definition) is 4. The Kier molecular flexibility index (Phi) is 4.98. The first-order valence-corrected chi connectivity index (χ1v) is 7.12. The molecule has 1 aromatic rings. The molecule has 1 saturated heterocycles. The maximum Gasteiger partial charge on any atom is 0.248 e. The summed E-state index contributed by atoms with van der Waals surface area (Å²) in [5.74, 6) is -0.818. The molecule has 2 rings (SSSR count). The number of ether oxygens (including phenoxy) is 2. The van der Waals surface area contributed by atoms with Gasteiger partial charge in [-0.25, -0.2) is 5.06 Å². The second kappa shape index (κ2) is 6.56. The van der Waals surface area contributed by atoms with Gasteiger partial charge in [-0.1, -0.05) is 30.3 Å². The lowest BCUT2D eigenvalue weighted by Gasteiger charge is -2.41. The molecule has 0 N–H and O–H groups in total. The maximum atomic E-state index is 12.0. The van der Waals surface area contributed by atoms with E-state index in [0.29, 0.717) is 6.42 Å². The lowest BCUT2D eigenvalue weighted by Crippen LogP contribution is -2.43. The Labute approximate surface area is 125 Å². The molecule has 1 amide bonds. The van der Waals surface area contributed by atoms with E-state index in [1.54, 1.807) is 7.05 Å². The molecule has 1 fully saturated rings. The predicted octanol–water partition coefficient (Wildman–Crippen LogP) is 2.68. The molecule has 21 heavy (non-hydrogen) atoms. The highest BCUT2D eigenvalue weighted by molar-refractivity contribution is 5.75. The summed E-state index contributed by atoms with van der Waals surface area (Å²) in [4.78, 5) is 16.9. The minimum Gasteiger partial charge on any atom is -0.347 e. The molecule has 0 radical (unpaired) electrons. The fourth-order valence-electron chi connectivity index (χ4n) is 2.53. The van der Waals surface area contributed by atoms with Gasteiger partial charge < -0.3 is 9.47 Å². The van der Waals surface area contributed by atoms with Crippen molar-refractivity contribution < 1.29 is 19.1 Å². The van der Waals surface area contributed by atoms with Crippen LogP contribution in [0.15, 0.2) is 30.3 Å². The first kappa shape index (κ1) is 15.9. The van der Waals surface area contributed by atoms with E-state index in [4.69, 9.17) is 14.3 Å². The van der Waals surface area contributed by atoms with E-state index < -0.39 is 5.79 Å². The second-order valence-electron chi connectivity index (χ2n) is 5.67. The Morgan fingerprint density at radius 1 is 1.33 bits per heavy atom. The van der Waals surface area contributed by atoms with Crippen molar-refractivity contribution in [2.75, 3.05) is 14.2 Å². The van der Waals surface area contributed by atoms with Gasteiger partial charge in [0, 0.05) is 13.5 Å². The third-order valence-corrected chi connectivity index (χ3v) is 3.55. The van der Waals surface area contributed by atoms with E-state index in [1.807, 2.05) is 44.2 Å². The summed E-state index contributed by atoms with van der Waals surface area (Å²) in [6.07, 6.45) is 0.668. The van der Waals surface area contributed by atoms with Crippen LogP contribution in [0.5, 0.6) is 0 Å². The molecule has 0 saturated carbocycles. The van der Waals surface area contributed by atoms with Crippen molar-refractivity contribution in [3.8, 4) is 0 Å². The van der Waals surface area contributed by atoms with Crippen molar-refractivity contribution in [3.05, 3.63) is 35.9 Å². The Morgan fingerprint density at radius 2 is 2.00 bits per heavy atom. The second-order valence-corrected chi connectivity index (χ2v) is 5.67. The van der Waals surface area contributed by atoms with Crippen molar-refractivity contribution in [2.45, 2.75) is 44.7 Å². The van der Waals surface area contributed by atoms with Crippen LogP contribution in [-0.2, 0) is 19.1 Å². The van der Waals surface area contributed by atoms with Crippen LogP contribution in [0.4, 0.5) is 0 Å². The summed E-state index contributed by atoms with van der Waals surface area (Å²) in [7, 11) is 3.07. The number of hydrogen-bond donors (Lipinski definition) is 0. The van der Waals surface area contributed by atoms with Crippen LogP contribution in [0, 0.1) is 0 Å². The van der Waals surface area contributed by atoms with E-state index in [2.05, 4.69) is 0 Å². The molecular weight excluding hydrogens is 270 g/mol. The van der Waals surface area contributed by atoms with Gasteiger partial charge in [-0.2, -0.15) is 0 Å². The smallest absolute Gasteiger partial charge is 0.248 e. The van der Waals surface area contributed by atoms with Gasteiger partial charge in [0.1, 0.15) is 0 Å². The minimum atomic E-state index is -0.713. The number of amides is 1. The van der Waals surface area contributed by atoms with Crippen molar-refractivity contribution in [1.29, 1.82) is 0 Å². The van der Waals surface area contributed by atoms with Gasteiger partial charge in [0.2, 0.25) is 5.91 Å². The van der Waals surface area contributed by atoms with E-state index >= 15 is 0 Å². The predicted molar refractivity (Wildman–Crippen MR) is 78.2 cm³/mol. The number of rotatable bonds is 4. The van der Waals surface area contributed by atoms with Crippen LogP contribution >= 0.6 is 0 Å². The number of carbonyl (C=O) groups excluding carboxylic acids is 1. The molecule has 1 aliphatic heterocycles. The third-order valence-electron chi connectivity index (χ3n) is 3.55. The molecule has 1 aromatic carbocycles. The van der Waals surface area contributed by atoms with Gasteiger partial charge in [0.15, 0.2) is 5.79 Å². The summed E-state index contributed by atoms with van der Waals surface area (Å²) >= 11 is 0. The average Bonchev–Trinajstić information content (AvgIpc) is 2.45. The largest absolute Gasteiger partial charge is 0.347 e.